The Kier molecular flexibility index (Phi) is 2.35. The highest BCUT2D eigenvalue weighted by atomic mass is 16.1. The summed E-state index contributed by atoms with van der Waals surface area (Å²) in [5.74, 6) is 0.627. The minimum atomic E-state index is -0.0614. The summed E-state index contributed by atoms with van der Waals surface area (Å²) in [6, 6.07) is 7.80. The van der Waals surface area contributed by atoms with Crippen molar-refractivity contribution in [3.63, 3.8) is 0 Å². The zero-order chi connectivity index (χ0) is 11.8. The number of rotatable bonds is 3. The number of carbonyl (C=O) groups excluding carboxylic acids is 1. The van der Waals surface area contributed by atoms with Crippen LogP contribution >= 0.6 is 0 Å². The minimum Gasteiger partial charge on any atom is -0.350 e. The van der Waals surface area contributed by atoms with Crippen LogP contribution in [0.25, 0.3) is 10.9 Å². The van der Waals surface area contributed by atoms with Crippen LogP contribution in [0.4, 0.5) is 0 Å². The molecule has 4 nitrogen and oxygen atoms in total. The number of hydrogen-bond donors (Lipinski definition) is 1. The van der Waals surface area contributed by atoms with Crippen LogP contribution in [0.3, 0.4) is 0 Å². The summed E-state index contributed by atoms with van der Waals surface area (Å²) >= 11 is 0. The number of benzene rings is 1. The summed E-state index contributed by atoms with van der Waals surface area (Å²) < 4.78 is 1.75. The van der Waals surface area contributed by atoms with Crippen molar-refractivity contribution >= 4 is 16.8 Å². The van der Waals surface area contributed by atoms with Crippen LogP contribution in [0.2, 0.25) is 0 Å². The van der Waals surface area contributed by atoms with E-state index in [1.54, 1.807) is 4.68 Å². The highest BCUT2D eigenvalue weighted by Crippen LogP contribution is 2.27. The topological polar surface area (TPSA) is 46.9 Å². The summed E-state index contributed by atoms with van der Waals surface area (Å²) in [6.07, 6.45) is 2.48. The first kappa shape index (κ1) is 10.3. The van der Waals surface area contributed by atoms with Gasteiger partial charge in [0, 0.05) is 19.0 Å². The molecule has 0 unspecified atom stereocenters. The maximum absolute atomic E-state index is 12.0. The second-order valence-electron chi connectivity index (χ2n) is 4.64. The van der Waals surface area contributed by atoms with Crippen molar-refractivity contribution in [1.82, 2.24) is 15.1 Å². The maximum atomic E-state index is 12.0. The van der Waals surface area contributed by atoms with Crippen molar-refractivity contribution in [2.75, 3.05) is 6.54 Å². The van der Waals surface area contributed by atoms with Gasteiger partial charge in [-0.3, -0.25) is 9.48 Å². The van der Waals surface area contributed by atoms with Crippen LogP contribution in [-0.2, 0) is 7.05 Å². The molecule has 2 aromatic rings. The van der Waals surface area contributed by atoms with Gasteiger partial charge in [-0.1, -0.05) is 18.2 Å². The predicted octanol–water partition coefficient (Wildman–Crippen LogP) is 1.71. The second-order valence-corrected chi connectivity index (χ2v) is 4.64. The minimum absolute atomic E-state index is 0.0614. The number of para-hydroxylation sites is 1. The van der Waals surface area contributed by atoms with E-state index in [4.69, 9.17) is 0 Å². The Labute approximate surface area is 99.6 Å². The van der Waals surface area contributed by atoms with Crippen LogP contribution in [0.15, 0.2) is 24.3 Å². The van der Waals surface area contributed by atoms with Gasteiger partial charge in [0.05, 0.1) is 5.52 Å². The molecule has 0 radical (unpaired) electrons. The highest BCUT2D eigenvalue weighted by Gasteiger charge is 2.23. The molecule has 1 aliphatic rings. The van der Waals surface area contributed by atoms with Crippen molar-refractivity contribution < 1.29 is 4.79 Å². The fourth-order valence-electron chi connectivity index (χ4n) is 2.02. The lowest BCUT2D eigenvalue weighted by Crippen LogP contribution is -2.26. The molecule has 1 saturated carbocycles. The Morgan fingerprint density at radius 3 is 3.00 bits per heavy atom. The predicted molar refractivity (Wildman–Crippen MR) is 65.8 cm³/mol. The smallest absolute Gasteiger partial charge is 0.272 e. The highest BCUT2D eigenvalue weighted by molar-refractivity contribution is 6.04. The average Bonchev–Trinajstić information content (AvgIpc) is 3.11. The second kappa shape index (κ2) is 3.87. The molecule has 1 N–H and O–H groups in total. The summed E-state index contributed by atoms with van der Waals surface area (Å²) in [4.78, 5) is 12.0. The number of carbonyl (C=O) groups is 1. The number of fused-ring (bicyclic) bond motifs is 1. The molecule has 0 saturated heterocycles. The summed E-state index contributed by atoms with van der Waals surface area (Å²) in [6.45, 7) is 0.781. The van der Waals surface area contributed by atoms with Gasteiger partial charge in [-0.25, -0.2) is 0 Å². The van der Waals surface area contributed by atoms with E-state index in [0.717, 1.165) is 17.4 Å². The van der Waals surface area contributed by atoms with Crippen molar-refractivity contribution in [1.29, 1.82) is 0 Å². The third-order valence-corrected chi connectivity index (χ3v) is 3.22. The summed E-state index contributed by atoms with van der Waals surface area (Å²) in [7, 11) is 1.86. The molecule has 1 heterocycles. The standard InChI is InChI=1S/C13H15N3O/c1-16-11-5-3-2-4-10(11)12(15-16)13(17)14-8-9-6-7-9/h2-5,9H,6-8H2,1H3,(H,14,17). The van der Waals surface area contributed by atoms with Gasteiger partial charge in [-0.2, -0.15) is 5.10 Å². The van der Waals surface area contributed by atoms with E-state index in [1.165, 1.54) is 12.8 Å². The van der Waals surface area contributed by atoms with Crippen molar-refractivity contribution in [2.45, 2.75) is 12.8 Å². The normalized spacial score (nSPS) is 15.1. The van der Waals surface area contributed by atoms with E-state index in [2.05, 4.69) is 10.4 Å². The van der Waals surface area contributed by atoms with Gasteiger partial charge in [0.1, 0.15) is 0 Å². The van der Waals surface area contributed by atoms with Crippen molar-refractivity contribution in [3.05, 3.63) is 30.0 Å². The zero-order valence-electron chi connectivity index (χ0n) is 9.81. The molecule has 1 aliphatic carbocycles. The summed E-state index contributed by atoms with van der Waals surface area (Å²) in [5, 5.41) is 8.16. The molecule has 88 valence electrons. The van der Waals surface area contributed by atoms with E-state index in [0.29, 0.717) is 11.6 Å². The third-order valence-electron chi connectivity index (χ3n) is 3.22. The molecule has 1 aromatic heterocycles. The molecule has 0 spiro atoms. The Bertz CT molecular complexity index is 569. The Morgan fingerprint density at radius 2 is 2.24 bits per heavy atom. The van der Waals surface area contributed by atoms with Crippen LogP contribution in [0.5, 0.6) is 0 Å². The first-order chi connectivity index (χ1) is 8.25. The molecule has 1 amide bonds. The van der Waals surface area contributed by atoms with E-state index in [-0.39, 0.29) is 5.91 Å². The molecule has 0 bridgehead atoms. The van der Waals surface area contributed by atoms with Gasteiger partial charge >= 0.3 is 0 Å². The lowest BCUT2D eigenvalue weighted by molar-refractivity contribution is 0.0947. The van der Waals surface area contributed by atoms with E-state index >= 15 is 0 Å². The van der Waals surface area contributed by atoms with E-state index < -0.39 is 0 Å². The van der Waals surface area contributed by atoms with Crippen molar-refractivity contribution in [2.24, 2.45) is 13.0 Å². The first-order valence-electron chi connectivity index (χ1n) is 5.95. The van der Waals surface area contributed by atoms with Gasteiger partial charge < -0.3 is 5.32 Å². The molecule has 0 aliphatic heterocycles. The molecule has 4 heteroatoms. The van der Waals surface area contributed by atoms with Crippen LogP contribution in [-0.4, -0.2) is 22.2 Å². The van der Waals surface area contributed by atoms with Gasteiger partial charge in [0.15, 0.2) is 5.69 Å². The number of amides is 1. The Balaban J connectivity index is 1.90. The zero-order valence-corrected chi connectivity index (χ0v) is 9.81. The third kappa shape index (κ3) is 1.90. The van der Waals surface area contributed by atoms with E-state index in [1.807, 2.05) is 31.3 Å². The molecule has 1 fully saturated rings. The van der Waals surface area contributed by atoms with Crippen LogP contribution < -0.4 is 5.32 Å². The molecule has 1 aromatic carbocycles. The number of nitrogens with zero attached hydrogens (tertiary/aromatic N) is 2. The maximum Gasteiger partial charge on any atom is 0.272 e. The van der Waals surface area contributed by atoms with Crippen LogP contribution in [0.1, 0.15) is 23.3 Å². The Hall–Kier alpha value is -1.84. The average molecular weight is 229 g/mol. The SMILES string of the molecule is Cn1nc(C(=O)NCC2CC2)c2ccccc21. The fraction of sp³-hybridized carbons (Fsp3) is 0.385. The largest absolute Gasteiger partial charge is 0.350 e. The van der Waals surface area contributed by atoms with Gasteiger partial charge in [0.25, 0.3) is 5.91 Å². The molecule has 17 heavy (non-hydrogen) atoms. The monoisotopic (exact) mass is 229 g/mol. The number of hydrogen-bond acceptors (Lipinski definition) is 2. The lowest BCUT2D eigenvalue weighted by atomic mass is 10.2. The van der Waals surface area contributed by atoms with E-state index in [9.17, 15) is 4.79 Å². The van der Waals surface area contributed by atoms with Gasteiger partial charge in [-0.15, -0.1) is 0 Å². The number of aryl methyl sites for hydroxylation is 1. The van der Waals surface area contributed by atoms with Crippen molar-refractivity contribution in [3.8, 4) is 0 Å². The van der Waals surface area contributed by atoms with Gasteiger partial charge in [0.2, 0.25) is 0 Å². The lowest BCUT2D eigenvalue weighted by Gasteiger charge is -2.00. The molecule has 3 rings (SSSR count). The molecular formula is C13H15N3O. The van der Waals surface area contributed by atoms with Gasteiger partial charge in [-0.05, 0) is 24.8 Å². The molecule has 0 atom stereocenters. The quantitative estimate of drug-likeness (QED) is 0.871. The number of nitrogens with one attached hydrogen (secondary N) is 1. The molecular weight excluding hydrogens is 214 g/mol. The Morgan fingerprint density at radius 1 is 1.47 bits per heavy atom. The number of aromatic nitrogens is 2. The van der Waals surface area contributed by atoms with Crippen LogP contribution in [0, 0.1) is 5.92 Å². The first-order valence-corrected chi connectivity index (χ1v) is 5.95. The summed E-state index contributed by atoms with van der Waals surface area (Å²) in [5.41, 5.74) is 1.52. The fourth-order valence-corrected chi connectivity index (χ4v) is 2.02.